The molecule has 0 bridgehead atoms. The summed E-state index contributed by atoms with van der Waals surface area (Å²) < 4.78 is 13.0. The fourth-order valence-corrected chi connectivity index (χ4v) is 3.03. The molecule has 7 nitrogen and oxygen atoms in total. The van der Waals surface area contributed by atoms with Gasteiger partial charge in [0.2, 0.25) is 0 Å². The minimum Gasteiger partial charge on any atom is -0.288 e. The number of carbonyl (C=O) groups excluding carboxylic acids is 3. The first-order valence-corrected chi connectivity index (χ1v) is 7.83. The third-order valence-corrected chi connectivity index (χ3v) is 4.40. The number of hydrazine groups is 1. The number of amides is 4. The second-order valence-corrected chi connectivity index (χ2v) is 6.05. The summed E-state index contributed by atoms with van der Waals surface area (Å²) in [6.07, 6.45) is 1.55. The van der Waals surface area contributed by atoms with Gasteiger partial charge in [-0.25, -0.2) is 14.2 Å². The molecule has 4 amide bonds. The van der Waals surface area contributed by atoms with Crippen LogP contribution in [0.2, 0.25) is 0 Å². The van der Waals surface area contributed by atoms with Gasteiger partial charge < -0.3 is 0 Å². The molecule has 128 valence electrons. The zero-order valence-corrected chi connectivity index (χ0v) is 13.4. The Morgan fingerprint density at radius 1 is 1.29 bits per heavy atom. The van der Waals surface area contributed by atoms with Crippen molar-refractivity contribution < 1.29 is 18.8 Å². The van der Waals surface area contributed by atoms with Gasteiger partial charge in [0.15, 0.2) is 0 Å². The van der Waals surface area contributed by atoms with Gasteiger partial charge in [0.25, 0.3) is 11.8 Å². The Bertz CT molecular complexity index is 664. The quantitative estimate of drug-likeness (QED) is 0.824. The van der Waals surface area contributed by atoms with Gasteiger partial charge in [-0.1, -0.05) is 12.1 Å². The number of halogens is 1. The van der Waals surface area contributed by atoms with Gasteiger partial charge >= 0.3 is 6.03 Å². The number of hydrogen-bond donors (Lipinski definition) is 1. The molecule has 0 aliphatic carbocycles. The lowest BCUT2D eigenvalue weighted by Gasteiger charge is -2.25. The van der Waals surface area contributed by atoms with Crippen molar-refractivity contribution in [3.63, 3.8) is 0 Å². The summed E-state index contributed by atoms with van der Waals surface area (Å²) in [5.41, 5.74) is 3.46. The Balaban J connectivity index is 1.62. The van der Waals surface area contributed by atoms with Gasteiger partial charge in [0, 0.05) is 13.6 Å². The second-order valence-electron chi connectivity index (χ2n) is 6.05. The van der Waals surface area contributed by atoms with Crippen LogP contribution < -0.4 is 5.43 Å². The summed E-state index contributed by atoms with van der Waals surface area (Å²) in [7, 11) is 1.38. The topological polar surface area (TPSA) is 73.0 Å². The summed E-state index contributed by atoms with van der Waals surface area (Å²) in [6.45, 7) is 1.14. The molecule has 2 saturated heterocycles. The summed E-state index contributed by atoms with van der Waals surface area (Å²) in [5.74, 6) is -0.947. The summed E-state index contributed by atoms with van der Waals surface area (Å²) >= 11 is 0. The number of rotatable bonds is 4. The molecule has 0 radical (unpaired) electrons. The number of benzene rings is 1. The number of nitrogens with one attached hydrogen (secondary N) is 1. The Morgan fingerprint density at radius 2 is 2.00 bits per heavy atom. The normalized spacial score (nSPS) is 21.7. The van der Waals surface area contributed by atoms with Crippen molar-refractivity contribution in [3.05, 3.63) is 35.6 Å². The van der Waals surface area contributed by atoms with Crippen LogP contribution in [0.4, 0.5) is 9.18 Å². The van der Waals surface area contributed by atoms with E-state index in [1.807, 2.05) is 4.90 Å². The number of carbonyl (C=O) groups is 3. The SMILES string of the molecule is CN1C(=O)CN(NC(=O)C2CCCN2Cc2ccc(F)cc2)C1=O. The lowest BCUT2D eigenvalue weighted by atomic mass is 10.1. The molecule has 2 aliphatic heterocycles. The minimum absolute atomic E-state index is 0.147. The highest BCUT2D eigenvalue weighted by Crippen LogP contribution is 2.21. The zero-order chi connectivity index (χ0) is 17.3. The third-order valence-electron chi connectivity index (χ3n) is 4.40. The maximum atomic E-state index is 13.0. The monoisotopic (exact) mass is 334 g/mol. The van der Waals surface area contributed by atoms with E-state index in [0.717, 1.165) is 28.4 Å². The third kappa shape index (κ3) is 3.23. The number of nitrogens with zero attached hydrogens (tertiary/aromatic N) is 3. The standard InChI is InChI=1S/C16H19FN4O3/c1-19-14(22)10-21(16(19)24)18-15(23)13-3-2-8-20(13)9-11-4-6-12(17)7-5-11/h4-7,13H,2-3,8-10H2,1H3,(H,18,23). The predicted octanol–water partition coefficient (Wildman–Crippen LogP) is 0.715. The lowest BCUT2D eigenvalue weighted by molar-refractivity contribution is -0.129. The van der Waals surface area contributed by atoms with Gasteiger partial charge in [0.1, 0.15) is 12.4 Å². The smallest absolute Gasteiger partial charge is 0.288 e. The van der Waals surface area contributed by atoms with Gasteiger partial charge in [-0.2, -0.15) is 0 Å². The number of likely N-dealkylation sites (N-methyl/N-ethyl adjacent to an activating group) is 1. The van der Waals surface area contributed by atoms with E-state index >= 15 is 0 Å². The number of hydrogen-bond acceptors (Lipinski definition) is 4. The Hall–Kier alpha value is -2.48. The Labute approximate surface area is 139 Å². The van der Waals surface area contributed by atoms with Crippen LogP contribution in [-0.2, 0) is 16.1 Å². The lowest BCUT2D eigenvalue weighted by Crippen LogP contribution is -2.51. The zero-order valence-electron chi connectivity index (χ0n) is 13.4. The molecular formula is C16H19FN4O3. The molecule has 1 N–H and O–H groups in total. The van der Waals surface area contributed by atoms with Gasteiger partial charge in [0.05, 0.1) is 6.04 Å². The summed E-state index contributed by atoms with van der Waals surface area (Å²) in [5, 5.41) is 1.04. The molecule has 1 aromatic carbocycles. The number of urea groups is 1. The molecule has 1 unspecified atom stereocenters. The van der Waals surface area contributed by atoms with Crippen molar-refractivity contribution >= 4 is 17.8 Å². The van der Waals surface area contributed by atoms with Crippen LogP contribution in [0.15, 0.2) is 24.3 Å². The van der Waals surface area contributed by atoms with Crippen LogP contribution in [0.1, 0.15) is 18.4 Å². The highest BCUT2D eigenvalue weighted by molar-refractivity contribution is 6.02. The van der Waals surface area contributed by atoms with Crippen LogP contribution in [0.5, 0.6) is 0 Å². The van der Waals surface area contributed by atoms with E-state index in [4.69, 9.17) is 0 Å². The van der Waals surface area contributed by atoms with Crippen molar-refractivity contribution in [2.45, 2.75) is 25.4 Å². The van der Waals surface area contributed by atoms with Gasteiger partial charge in [-0.05, 0) is 37.1 Å². The Kier molecular flexibility index (Phi) is 4.48. The van der Waals surface area contributed by atoms with E-state index in [0.29, 0.717) is 13.0 Å². The maximum absolute atomic E-state index is 13.0. The average molecular weight is 334 g/mol. The first kappa shape index (κ1) is 16.4. The fraction of sp³-hybridized carbons (Fsp3) is 0.438. The molecule has 1 atom stereocenters. The van der Waals surface area contributed by atoms with Crippen molar-refractivity contribution in [2.24, 2.45) is 0 Å². The molecule has 8 heteroatoms. The second kappa shape index (κ2) is 6.56. The van der Waals surface area contributed by atoms with Crippen LogP contribution in [0.3, 0.4) is 0 Å². The largest absolute Gasteiger partial charge is 0.345 e. The number of likely N-dealkylation sites (tertiary alicyclic amines) is 1. The number of imide groups is 1. The van der Waals surface area contributed by atoms with Crippen molar-refractivity contribution in [3.8, 4) is 0 Å². The Morgan fingerprint density at radius 3 is 2.62 bits per heavy atom. The van der Waals surface area contributed by atoms with Crippen molar-refractivity contribution in [1.29, 1.82) is 0 Å². The molecule has 0 aromatic heterocycles. The minimum atomic E-state index is -0.531. The molecule has 2 fully saturated rings. The highest BCUT2D eigenvalue weighted by atomic mass is 19.1. The van der Waals surface area contributed by atoms with Crippen LogP contribution in [0.25, 0.3) is 0 Å². The predicted molar refractivity (Wildman–Crippen MR) is 82.8 cm³/mol. The van der Waals surface area contributed by atoms with E-state index < -0.39 is 6.03 Å². The van der Waals surface area contributed by atoms with Crippen LogP contribution in [0, 0.1) is 5.82 Å². The molecular weight excluding hydrogens is 315 g/mol. The molecule has 2 aliphatic rings. The van der Waals surface area contributed by atoms with Gasteiger partial charge in [-0.15, -0.1) is 0 Å². The summed E-state index contributed by atoms with van der Waals surface area (Å²) in [6, 6.07) is 5.27. The van der Waals surface area contributed by atoms with E-state index in [9.17, 15) is 18.8 Å². The molecule has 3 rings (SSSR count). The van der Waals surface area contributed by atoms with Crippen molar-refractivity contribution in [2.75, 3.05) is 20.1 Å². The van der Waals surface area contributed by atoms with E-state index in [2.05, 4.69) is 5.43 Å². The van der Waals surface area contributed by atoms with Crippen molar-refractivity contribution in [1.82, 2.24) is 20.2 Å². The van der Waals surface area contributed by atoms with Crippen LogP contribution in [-0.4, -0.2) is 58.8 Å². The molecule has 2 heterocycles. The molecule has 0 spiro atoms. The first-order valence-electron chi connectivity index (χ1n) is 7.83. The highest BCUT2D eigenvalue weighted by Gasteiger charge is 2.37. The van der Waals surface area contributed by atoms with Crippen LogP contribution >= 0.6 is 0 Å². The van der Waals surface area contributed by atoms with E-state index in [-0.39, 0.29) is 30.2 Å². The molecule has 0 saturated carbocycles. The maximum Gasteiger partial charge on any atom is 0.345 e. The van der Waals surface area contributed by atoms with E-state index in [1.54, 1.807) is 12.1 Å². The first-order chi connectivity index (χ1) is 11.5. The van der Waals surface area contributed by atoms with E-state index in [1.165, 1.54) is 19.2 Å². The molecule has 1 aromatic rings. The average Bonchev–Trinajstić information content (AvgIpc) is 3.11. The molecule has 24 heavy (non-hydrogen) atoms. The summed E-state index contributed by atoms with van der Waals surface area (Å²) in [4.78, 5) is 38.8. The fourth-order valence-electron chi connectivity index (χ4n) is 3.03. The van der Waals surface area contributed by atoms with Gasteiger partial charge in [-0.3, -0.25) is 24.8 Å².